The van der Waals surface area contributed by atoms with E-state index in [4.69, 9.17) is 4.74 Å². The Labute approximate surface area is 118 Å². The zero-order valence-corrected chi connectivity index (χ0v) is 11.5. The minimum absolute atomic E-state index is 0.0998. The van der Waals surface area contributed by atoms with Crippen LogP contribution < -0.4 is 10.1 Å². The van der Waals surface area contributed by atoms with Gasteiger partial charge < -0.3 is 10.1 Å². The average molecular weight is 270 g/mol. The molecule has 0 aliphatic heterocycles. The molecule has 4 heteroatoms. The van der Waals surface area contributed by atoms with E-state index in [1.807, 2.05) is 43.3 Å². The zero-order valence-electron chi connectivity index (χ0n) is 11.5. The largest absolute Gasteiger partial charge is 0.494 e. The summed E-state index contributed by atoms with van der Waals surface area (Å²) in [6, 6.07) is 13.2. The quantitative estimate of drug-likeness (QED) is 0.821. The van der Waals surface area contributed by atoms with E-state index >= 15 is 0 Å². The van der Waals surface area contributed by atoms with E-state index in [1.54, 1.807) is 12.3 Å². The molecule has 1 aromatic heterocycles. The lowest BCUT2D eigenvalue weighted by Crippen LogP contribution is -2.25. The molecular weight excluding hydrogens is 252 g/mol. The van der Waals surface area contributed by atoms with Crippen molar-refractivity contribution in [3.05, 3.63) is 59.9 Å². The third kappa shape index (κ3) is 4.39. The number of aromatic nitrogens is 1. The first-order valence-corrected chi connectivity index (χ1v) is 6.64. The lowest BCUT2D eigenvalue weighted by Gasteiger charge is -2.07. The number of para-hydroxylation sites is 1. The van der Waals surface area contributed by atoms with Gasteiger partial charge in [-0.1, -0.05) is 18.2 Å². The van der Waals surface area contributed by atoms with Gasteiger partial charge in [-0.25, -0.2) is 0 Å². The molecule has 0 bridgehead atoms. The summed E-state index contributed by atoms with van der Waals surface area (Å²) in [5.74, 6) is 0.749. The van der Waals surface area contributed by atoms with Crippen molar-refractivity contribution in [3.63, 3.8) is 0 Å². The average Bonchev–Trinajstić information content (AvgIpc) is 2.48. The van der Waals surface area contributed by atoms with Gasteiger partial charge in [0.05, 0.1) is 12.2 Å². The lowest BCUT2D eigenvalue weighted by molar-refractivity contribution is 0.0951. The number of nitrogens with zero attached hydrogens (tertiary/aromatic N) is 1. The first-order valence-electron chi connectivity index (χ1n) is 6.64. The highest BCUT2D eigenvalue weighted by molar-refractivity contribution is 5.93. The molecular formula is C16H18N2O2. The molecule has 1 N–H and O–H groups in total. The molecule has 0 saturated carbocycles. The van der Waals surface area contributed by atoms with Crippen molar-refractivity contribution in [2.24, 2.45) is 0 Å². The summed E-state index contributed by atoms with van der Waals surface area (Å²) in [4.78, 5) is 15.9. The van der Waals surface area contributed by atoms with Gasteiger partial charge in [0.2, 0.25) is 0 Å². The number of benzene rings is 1. The Morgan fingerprint density at radius 1 is 1.20 bits per heavy atom. The predicted octanol–water partition coefficient (Wildman–Crippen LogP) is 2.59. The molecule has 4 nitrogen and oxygen atoms in total. The fraction of sp³-hybridized carbons (Fsp3) is 0.250. The van der Waals surface area contributed by atoms with E-state index in [9.17, 15) is 4.79 Å². The summed E-state index contributed by atoms with van der Waals surface area (Å²) in [5.41, 5.74) is 1.48. The highest BCUT2D eigenvalue weighted by atomic mass is 16.5. The molecule has 0 aliphatic rings. The number of hydrogen-bond donors (Lipinski definition) is 1. The number of ether oxygens (including phenoxy) is 1. The first-order chi connectivity index (χ1) is 9.75. The van der Waals surface area contributed by atoms with Crippen LogP contribution in [0.1, 0.15) is 22.5 Å². The molecule has 0 spiro atoms. The van der Waals surface area contributed by atoms with E-state index in [-0.39, 0.29) is 5.91 Å². The van der Waals surface area contributed by atoms with Gasteiger partial charge >= 0.3 is 0 Å². The smallest absolute Gasteiger partial charge is 0.252 e. The molecule has 104 valence electrons. The van der Waals surface area contributed by atoms with Crippen molar-refractivity contribution in [2.75, 3.05) is 13.2 Å². The van der Waals surface area contributed by atoms with Crippen LogP contribution in [-0.4, -0.2) is 24.0 Å². The van der Waals surface area contributed by atoms with E-state index in [1.165, 1.54) is 0 Å². The second kappa shape index (κ2) is 7.28. The predicted molar refractivity (Wildman–Crippen MR) is 77.9 cm³/mol. The van der Waals surface area contributed by atoms with Gasteiger partial charge in [-0.2, -0.15) is 0 Å². The van der Waals surface area contributed by atoms with Crippen LogP contribution in [0.4, 0.5) is 0 Å². The summed E-state index contributed by atoms with van der Waals surface area (Å²) in [5, 5.41) is 2.85. The summed E-state index contributed by atoms with van der Waals surface area (Å²) < 4.78 is 5.55. The molecule has 1 amide bonds. The van der Waals surface area contributed by atoms with Crippen molar-refractivity contribution in [2.45, 2.75) is 13.3 Å². The lowest BCUT2D eigenvalue weighted by atomic mass is 10.2. The van der Waals surface area contributed by atoms with E-state index < -0.39 is 0 Å². The Morgan fingerprint density at radius 3 is 2.70 bits per heavy atom. The second-order valence-corrected chi connectivity index (χ2v) is 4.46. The van der Waals surface area contributed by atoms with Crippen LogP contribution in [0.25, 0.3) is 0 Å². The molecule has 1 aromatic carbocycles. The maximum absolute atomic E-state index is 11.8. The minimum Gasteiger partial charge on any atom is -0.494 e. The van der Waals surface area contributed by atoms with Crippen molar-refractivity contribution in [1.82, 2.24) is 10.3 Å². The van der Waals surface area contributed by atoms with Crippen LogP contribution in [0.2, 0.25) is 0 Å². The van der Waals surface area contributed by atoms with Crippen LogP contribution in [-0.2, 0) is 0 Å². The van der Waals surface area contributed by atoms with Gasteiger partial charge in [0.25, 0.3) is 5.91 Å². The number of amides is 1. The topological polar surface area (TPSA) is 51.2 Å². The number of rotatable bonds is 6. The molecule has 1 heterocycles. The number of carbonyl (C=O) groups is 1. The van der Waals surface area contributed by atoms with Crippen molar-refractivity contribution in [3.8, 4) is 5.75 Å². The van der Waals surface area contributed by atoms with Crippen LogP contribution in [0.3, 0.4) is 0 Å². The Bertz CT molecular complexity index is 538. The molecule has 0 atom stereocenters. The maximum atomic E-state index is 11.8. The fourth-order valence-corrected chi connectivity index (χ4v) is 1.69. The third-order valence-electron chi connectivity index (χ3n) is 2.79. The molecule has 0 fully saturated rings. The van der Waals surface area contributed by atoms with Crippen LogP contribution in [0.15, 0.2) is 48.7 Å². The summed E-state index contributed by atoms with van der Waals surface area (Å²) in [6.45, 7) is 3.05. The molecule has 0 saturated heterocycles. The summed E-state index contributed by atoms with van der Waals surface area (Å²) in [7, 11) is 0. The van der Waals surface area contributed by atoms with Crippen LogP contribution in [0, 0.1) is 6.92 Å². The molecule has 20 heavy (non-hydrogen) atoms. The van der Waals surface area contributed by atoms with Gasteiger partial charge in [0.15, 0.2) is 0 Å². The SMILES string of the molecule is Cc1ccc(C(=O)NCCCOc2ccccc2)cn1. The highest BCUT2D eigenvalue weighted by Gasteiger charge is 2.04. The first kappa shape index (κ1) is 14.1. The van der Waals surface area contributed by atoms with Crippen LogP contribution in [0.5, 0.6) is 5.75 Å². The number of pyridine rings is 1. The standard InChI is InChI=1S/C16H18N2O2/c1-13-8-9-14(12-18-13)16(19)17-10-5-11-20-15-6-3-2-4-7-15/h2-4,6-9,12H,5,10-11H2,1H3,(H,17,19). The maximum Gasteiger partial charge on any atom is 0.252 e. The van der Waals surface area contributed by atoms with Gasteiger partial charge in [-0.15, -0.1) is 0 Å². The second-order valence-electron chi connectivity index (χ2n) is 4.46. The molecule has 2 rings (SSSR count). The zero-order chi connectivity index (χ0) is 14.2. The fourth-order valence-electron chi connectivity index (χ4n) is 1.69. The number of nitrogens with one attached hydrogen (secondary N) is 1. The molecule has 0 unspecified atom stereocenters. The van der Waals surface area contributed by atoms with Gasteiger partial charge in [0.1, 0.15) is 5.75 Å². The molecule has 2 aromatic rings. The van der Waals surface area contributed by atoms with Crippen molar-refractivity contribution >= 4 is 5.91 Å². The van der Waals surface area contributed by atoms with Gasteiger partial charge in [-0.3, -0.25) is 9.78 Å². The molecule has 0 aliphatic carbocycles. The number of aryl methyl sites for hydroxylation is 1. The Morgan fingerprint density at radius 2 is 2.00 bits per heavy atom. The van der Waals surface area contributed by atoms with Crippen LogP contribution >= 0.6 is 0 Å². The number of hydrogen-bond acceptors (Lipinski definition) is 3. The van der Waals surface area contributed by atoms with Crippen molar-refractivity contribution in [1.29, 1.82) is 0 Å². The monoisotopic (exact) mass is 270 g/mol. The molecule has 0 radical (unpaired) electrons. The third-order valence-corrected chi connectivity index (χ3v) is 2.79. The van der Waals surface area contributed by atoms with E-state index in [0.29, 0.717) is 18.7 Å². The van der Waals surface area contributed by atoms with Crippen molar-refractivity contribution < 1.29 is 9.53 Å². The van der Waals surface area contributed by atoms with Gasteiger partial charge in [0, 0.05) is 18.4 Å². The number of carbonyl (C=O) groups excluding carboxylic acids is 1. The highest BCUT2D eigenvalue weighted by Crippen LogP contribution is 2.08. The minimum atomic E-state index is -0.0998. The summed E-state index contributed by atoms with van der Waals surface area (Å²) >= 11 is 0. The Hall–Kier alpha value is -2.36. The van der Waals surface area contributed by atoms with E-state index in [0.717, 1.165) is 17.9 Å². The Kier molecular flexibility index (Phi) is 5.12. The summed E-state index contributed by atoms with van der Waals surface area (Å²) in [6.07, 6.45) is 2.35. The normalized spacial score (nSPS) is 10.1. The van der Waals surface area contributed by atoms with E-state index in [2.05, 4.69) is 10.3 Å². The Balaban J connectivity index is 1.66. The van der Waals surface area contributed by atoms with Gasteiger partial charge in [-0.05, 0) is 37.6 Å².